The van der Waals surface area contributed by atoms with Gasteiger partial charge in [0.2, 0.25) is 5.91 Å². The summed E-state index contributed by atoms with van der Waals surface area (Å²) in [7, 11) is 0. The number of carbonyl (C=O) groups excluding carboxylic acids is 2. The van der Waals surface area contributed by atoms with E-state index in [9.17, 15) is 19.8 Å². The van der Waals surface area contributed by atoms with Crippen molar-refractivity contribution < 1.29 is 24.5 Å². The number of hydrogen-bond donors (Lipinski definition) is 3. The second-order valence-electron chi connectivity index (χ2n) is 23.5. The molecule has 0 aliphatic rings. The molecule has 0 aromatic carbocycles. The molecule has 2 atom stereocenters. The van der Waals surface area contributed by atoms with E-state index in [1.165, 1.54) is 302 Å². The van der Waals surface area contributed by atoms with E-state index in [2.05, 4.69) is 43.5 Å². The third kappa shape index (κ3) is 61.4. The van der Waals surface area contributed by atoms with Gasteiger partial charge in [-0.1, -0.05) is 314 Å². The van der Waals surface area contributed by atoms with Gasteiger partial charge < -0.3 is 20.3 Å². The fourth-order valence-corrected chi connectivity index (χ4v) is 10.7. The predicted molar refractivity (Wildman–Crippen MR) is 329 cm³/mol. The van der Waals surface area contributed by atoms with E-state index in [1.807, 2.05) is 0 Å². The zero-order valence-corrected chi connectivity index (χ0v) is 50.8. The van der Waals surface area contributed by atoms with E-state index >= 15 is 0 Å². The van der Waals surface area contributed by atoms with Gasteiger partial charge >= 0.3 is 5.97 Å². The third-order valence-electron chi connectivity index (χ3n) is 16.0. The van der Waals surface area contributed by atoms with Crippen molar-refractivity contribution in [1.29, 1.82) is 0 Å². The summed E-state index contributed by atoms with van der Waals surface area (Å²) in [5.41, 5.74) is 0. The molecule has 2 unspecified atom stereocenters. The van der Waals surface area contributed by atoms with Crippen molar-refractivity contribution in [2.45, 2.75) is 392 Å². The number of unbranched alkanes of at least 4 members (excludes halogenated alkanes) is 49. The number of hydrogen-bond acceptors (Lipinski definition) is 5. The first kappa shape index (κ1) is 73.3. The van der Waals surface area contributed by atoms with Crippen molar-refractivity contribution in [2.75, 3.05) is 13.2 Å². The molecule has 3 N–H and O–H groups in total. The monoisotopic (exact) mass is 1060 g/mol. The van der Waals surface area contributed by atoms with E-state index in [1.54, 1.807) is 0 Å². The second kappa shape index (κ2) is 64.9. The van der Waals surface area contributed by atoms with Gasteiger partial charge in [0.1, 0.15) is 0 Å². The molecule has 0 bridgehead atoms. The standard InChI is InChI=1S/C69H133NO5/c1-3-5-7-9-11-13-15-17-19-21-22-23-24-25-27-30-33-37-41-45-49-53-57-61-67(72)66(65-71)70-68(73)62-58-54-50-46-42-38-34-31-28-26-29-32-36-40-44-48-52-56-60-64-75-69(74)63-59-55-51-47-43-39-35-20-18-16-14-12-10-8-6-4-2/h20,26,28,35,66-67,71-72H,3-19,21-25,27,29-34,36-65H2,1-2H3,(H,70,73)/b28-26-,35-20-. The maximum Gasteiger partial charge on any atom is 0.305 e. The van der Waals surface area contributed by atoms with Gasteiger partial charge in [-0.25, -0.2) is 0 Å². The molecule has 0 aromatic heterocycles. The maximum atomic E-state index is 12.5. The lowest BCUT2D eigenvalue weighted by molar-refractivity contribution is -0.143. The highest BCUT2D eigenvalue weighted by Crippen LogP contribution is 2.18. The molecule has 0 aliphatic heterocycles. The van der Waals surface area contributed by atoms with E-state index in [0.717, 1.165) is 44.9 Å². The number of esters is 1. The summed E-state index contributed by atoms with van der Waals surface area (Å²) in [6, 6.07) is -0.550. The summed E-state index contributed by atoms with van der Waals surface area (Å²) in [4.78, 5) is 24.6. The molecule has 444 valence electrons. The Bertz CT molecular complexity index is 1170. The maximum absolute atomic E-state index is 12.5. The Morgan fingerprint density at radius 3 is 0.947 bits per heavy atom. The van der Waals surface area contributed by atoms with Crippen LogP contribution in [-0.2, 0) is 14.3 Å². The highest BCUT2D eigenvalue weighted by atomic mass is 16.5. The molecule has 0 saturated carbocycles. The Morgan fingerprint density at radius 2 is 0.627 bits per heavy atom. The molecule has 0 radical (unpaired) electrons. The molecule has 0 aliphatic carbocycles. The quantitative estimate of drug-likeness (QED) is 0.0320. The van der Waals surface area contributed by atoms with Crippen molar-refractivity contribution >= 4 is 11.9 Å². The molecule has 0 aromatic rings. The van der Waals surface area contributed by atoms with Crippen LogP contribution in [0, 0.1) is 0 Å². The van der Waals surface area contributed by atoms with Gasteiger partial charge in [0.15, 0.2) is 0 Å². The van der Waals surface area contributed by atoms with Gasteiger partial charge in [-0.3, -0.25) is 9.59 Å². The van der Waals surface area contributed by atoms with E-state index < -0.39 is 12.1 Å². The van der Waals surface area contributed by atoms with Crippen molar-refractivity contribution in [1.82, 2.24) is 5.32 Å². The Balaban J connectivity index is 3.43. The summed E-state index contributed by atoms with van der Waals surface area (Å²) in [6.07, 6.45) is 80.6. The van der Waals surface area contributed by atoms with Crippen LogP contribution in [0.2, 0.25) is 0 Å². The van der Waals surface area contributed by atoms with Crippen LogP contribution < -0.4 is 5.32 Å². The fourth-order valence-electron chi connectivity index (χ4n) is 10.7. The lowest BCUT2D eigenvalue weighted by Crippen LogP contribution is -2.45. The summed E-state index contributed by atoms with van der Waals surface area (Å²) < 4.78 is 5.48. The summed E-state index contributed by atoms with van der Waals surface area (Å²) in [5, 5.41) is 23.4. The fraction of sp³-hybridized carbons (Fsp3) is 0.913. The van der Waals surface area contributed by atoms with Crippen LogP contribution in [0.25, 0.3) is 0 Å². The van der Waals surface area contributed by atoms with Crippen molar-refractivity contribution in [3.05, 3.63) is 24.3 Å². The van der Waals surface area contributed by atoms with Crippen LogP contribution in [0.5, 0.6) is 0 Å². The second-order valence-corrected chi connectivity index (χ2v) is 23.5. The van der Waals surface area contributed by atoms with E-state index in [0.29, 0.717) is 25.9 Å². The highest BCUT2D eigenvalue weighted by molar-refractivity contribution is 5.76. The SMILES string of the molecule is CCCCCCCCC/C=C\CCCCCCCC(=O)OCCCCCCCCCC/C=C\CCCCCCCCCC(=O)NC(CO)C(O)CCCCCCCCCCCCCCCCCCCCCCCCC. The normalized spacial score (nSPS) is 12.6. The molecular weight excluding hydrogens is 923 g/mol. The van der Waals surface area contributed by atoms with Gasteiger partial charge in [-0.2, -0.15) is 0 Å². The molecule has 6 nitrogen and oxygen atoms in total. The van der Waals surface area contributed by atoms with E-state index in [-0.39, 0.29) is 18.5 Å². The largest absolute Gasteiger partial charge is 0.466 e. The number of amides is 1. The average Bonchev–Trinajstić information content (AvgIpc) is 3.41. The highest BCUT2D eigenvalue weighted by Gasteiger charge is 2.20. The van der Waals surface area contributed by atoms with Gasteiger partial charge in [-0.05, 0) is 77.0 Å². The van der Waals surface area contributed by atoms with Gasteiger partial charge in [0, 0.05) is 12.8 Å². The van der Waals surface area contributed by atoms with Crippen LogP contribution in [0.4, 0.5) is 0 Å². The van der Waals surface area contributed by atoms with Gasteiger partial charge in [0.05, 0.1) is 25.4 Å². The predicted octanol–water partition coefficient (Wildman–Crippen LogP) is 21.8. The molecule has 0 rings (SSSR count). The van der Waals surface area contributed by atoms with Crippen LogP contribution in [0.3, 0.4) is 0 Å². The minimum absolute atomic E-state index is 0.00243. The number of aliphatic hydroxyl groups excluding tert-OH is 2. The Labute approximate surface area is 469 Å². The number of allylic oxidation sites excluding steroid dienone is 4. The van der Waals surface area contributed by atoms with Crippen LogP contribution in [-0.4, -0.2) is 47.4 Å². The molecule has 1 amide bonds. The first-order valence-corrected chi connectivity index (χ1v) is 34.1. The van der Waals surface area contributed by atoms with Crippen LogP contribution in [0.1, 0.15) is 380 Å². The minimum Gasteiger partial charge on any atom is -0.466 e. The lowest BCUT2D eigenvalue weighted by Gasteiger charge is -2.22. The molecule has 75 heavy (non-hydrogen) atoms. The molecular formula is C69H133NO5. The summed E-state index contributed by atoms with van der Waals surface area (Å²) in [6.45, 7) is 4.97. The third-order valence-corrected chi connectivity index (χ3v) is 16.0. The Kier molecular flexibility index (Phi) is 63.4. The van der Waals surface area contributed by atoms with Crippen LogP contribution >= 0.6 is 0 Å². The first-order valence-electron chi connectivity index (χ1n) is 34.1. The topological polar surface area (TPSA) is 95.9 Å². The number of aliphatic hydroxyl groups is 2. The first-order chi connectivity index (χ1) is 37.0. The molecule has 0 heterocycles. The number of ether oxygens (including phenoxy) is 1. The number of carbonyl (C=O) groups is 2. The number of rotatable bonds is 64. The van der Waals surface area contributed by atoms with E-state index in [4.69, 9.17) is 4.74 Å². The zero-order valence-electron chi connectivity index (χ0n) is 50.8. The summed E-state index contributed by atoms with van der Waals surface area (Å²) >= 11 is 0. The van der Waals surface area contributed by atoms with Crippen molar-refractivity contribution in [3.63, 3.8) is 0 Å². The molecule has 0 saturated heterocycles. The Hall–Kier alpha value is -1.66. The lowest BCUT2D eigenvalue weighted by atomic mass is 10.0. The van der Waals surface area contributed by atoms with Crippen molar-refractivity contribution in [2.24, 2.45) is 0 Å². The molecule has 6 heteroatoms. The van der Waals surface area contributed by atoms with Crippen molar-refractivity contribution in [3.8, 4) is 0 Å². The van der Waals surface area contributed by atoms with Crippen LogP contribution in [0.15, 0.2) is 24.3 Å². The molecule has 0 spiro atoms. The smallest absolute Gasteiger partial charge is 0.305 e. The minimum atomic E-state index is -0.672. The zero-order chi connectivity index (χ0) is 54.3. The average molecular weight is 1060 g/mol. The molecule has 0 fully saturated rings. The van der Waals surface area contributed by atoms with Gasteiger partial charge in [-0.15, -0.1) is 0 Å². The summed E-state index contributed by atoms with van der Waals surface area (Å²) in [5.74, 6) is -0.0430. The Morgan fingerprint density at radius 1 is 0.360 bits per heavy atom. The van der Waals surface area contributed by atoms with Gasteiger partial charge in [0.25, 0.3) is 0 Å². The number of nitrogens with one attached hydrogen (secondary N) is 1.